The summed E-state index contributed by atoms with van der Waals surface area (Å²) in [6.45, 7) is 2.88. The fraction of sp³-hybridized carbons (Fsp3) is 0.250. The summed E-state index contributed by atoms with van der Waals surface area (Å²) in [5.74, 6) is 1.03. The molecule has 1 N–H and O–H groups in total. The zero-order chi connectivity index (χ0) is 26.1. The summed E-state index contributed by atoms with van der Waals surface area (Å²) in [6, 6.07) is 14.6. The van der Waals surface area contributed by atoms with Crippen LogP contribution in [-0.4, -0.2) is 50.3 Å². The van der Waals surface area contributed by atoms with Crippen molar-refractivity contribution in [2.45, 2.75) is 18.5 Å². The fourth-order valence-corrected chi connectivity index (χ4v) is 4.37. The minimum atomic E-state index is -3.60. The Hall–Kier alpha value is -3.95. The Kier molecular flexibility index (Phi) is 8.99. The standard InChI is InChI=1S/C24H24N4O6S2/c1-16-7-4-5-8-19(16)33-11-6-12-34-20-10-9-17(14-21(20)32-2)13-18(15-25)22(29)26-23-27-24(28-35-23)36(3,30)31/h4-5,7-10,13-14H,6,11-12H2,1-3H3,(H,26,27,28,29). The van der Waals surface area contributed by atoms with E-state index in [1.165, 1.54) is 13.2 Å². The smallest absolute Gasteiger partial charge is 0.268 e. The van der Waals surface area contributed by atoms with E-state index in [-0.39, 0.29) is 10.7 Å². The van der Waals surface area contributed by atoms with Crippen LogP contribution in [0.25, 0.3) is 6.08 Å². The fourth-order valence-electron chi connectivity index (χ4n) is 2.93. The highest BCUT2D eigenvalue weighted by Gasteiger charge is 2.17. The number of sulfone groups is 1. The number of ether oxygens (including phenoxy) is 3. The monoisotopic (exact) mass is 528 g/mol. The zero-order valence-corrected chi connectivity index (χ0v) is 21.5. The van der Waals surface area contributed by atoms with Gasteiger partial charge in [-0.2, -0.15) is 14.6 Å². The third-order valence-electron chi connectivity index (χ3n) is 4.72. The molecule has 36 heavy (non-hydrogen) atoms. The highest BCUT2D eigenvalue weighted by molar-refractivity contribution is 7.90. The van der Waals surface area contributed by atoms with Gasteiger partial charge in [-0.1, -0.05) is 24.3 Å². The van der Waals surface area contributed by atoms with E-state index in [2.05, 4.69) is 14.7 Å². The summed E-state index contributed by atoms with van der Waals surface area (Å²) in [5.41, 5.74) is 1.38. The lowest BCUT2D eigenvalue weighted by atomic mass is 10.1. The predicted molar refractivity (Wildman–Crippen MR) is 135 cm³/mol. The van der Waals surface area contributed by atoms with Gasteiger partial charge in [-0.05, 0) is 42.3 Å². The number of hydrogen-bond donors (Lipinski definition) is 1. The summed E-state index contributed by atoms with van der Waals surface area (Å²) in [6.07, 6.45) is 2.99. The molecule has 0 aliphatic carbocycles. The van der Waals surface area contributed by atoms with Gasteiger partial charge in [0.05, 0.1) is 20.3 Å². The number of methoxy groups -OCH3 is 1. The van der Waals surface area contributed by atoms with Gasteiger partial charge in [0.1, 0.15) is 17.4 Å². The highest BCUT2D eigenvalue weighted by Crippen LogP contribution is 2.29. The molecule has 0 spiro atoms. The number of para-hydroxylation sites is 1. The number of amides is 1. The molecular formula is C24H24N4O6S2. The van der Waals surface area contributed by atoms with Gasteiger partial charge >= 0.3 is 0 Å². The van der Waals surface area contributed by atoms with Crippen molar-refractivity contribution in [1.29, 1.82) is 5.26 Å². The Balaban J connectivity index is 1.60. The van der Waals surface area contributed by atoms with Crippen LogP contribution in [0.5, 0.6) is 17.2 Å². The molecule has 1 aromatic heterocycles. The Labute approximate surface area is 213 Å². The molecule has 2 aromatic carbocycles. The lowest BCUT2D eigenvalue weighted by Crippen LogP contribution is -2.13. The zero-order valence-electron chi connectivity index (χ0n) is 19.8. The van der Waals surface area contributed by atoms with E-state index in [4.69, 9.17) is 14.2 Å². The van der Waals surface area contributed by atoms with E-state index < -0.39 is 20.9 Å². The number of anilines is 1. The molecule has 0 aliphatic rings. The maximum absolute atomic E-state index is 12.5. The van der Waals surface area contributed by atoms with E-state index in [1.54, 1.807) is 18.2 Å². The average Bonchev–Trinajstić information content (AvgIpc) is 3.33. The van der Waals surface area contributed by atoms with Crippen molar-refractivity contribution in [3.05, 3.63) is 59.2 Å². The van der Waals surface area contributed by atoms with Crippen molar-refractivity contribution in [1.82, 2.24) is 9.36 Å². The number of rotatable bonds is 11. The second-order valence-corrected chi connectivity index (χ2v) is 10.2. The van der Waals surface area contributed by atoms with Gasteiger partial charge in [-0.15, -0.1) is 0 Å². The largest absolute Gasteiger partial charge is 0.493 e. The van der Waals surface area contributed by atoms with Crippen molar-refractivity contribution in [2.24, 2.45) is 0 Å². The Morgan fingerprint density at radius 3 is 2.50 bits per heavy atom. The Bertz CT molecular complexity index is 1410. The van der Waals surface area contributed by atoms with Crippen LogP contribution >= 0.6 is 11.5 Å². The van der Waals surface area contributed by atoms with Crippen molar-refractivity contribution in [2.75, 3.05) is 31.9 Å². The minimum absolute atomic E-state index is 0.0330. The first-order valence-electron chi connectivity index (χ1n) is 10.7. The van der Waals surface area contributed by atoms with Crippen molar-refractivity contribution in [3.63, 3.8) is 0 Å². The van der Waals surface area contributed by atoms with Crippen LogP contribution < -0.4 is 19.5 Å². The van der Waals surface area contributed by atoms with Crippen LogP contribution in [0.15, 0.2) is 53.2 Å². The Morgan fingerprint density at radius 1 is 1.14 bits per heavy atom. The Morgan fingerprint density at radius 2 is 1.86 bits per heavy atom. The van der Waals surface area contributed by atoms with Gasteiger partial charge in [-0.25, -0.2) is 8.42 Å². The first kappa shape index (κ1) is 26.7. The topological polar surface area (TPSA) is 140 Å². The summed E-state index contributed by atoms with van der Waals surface area (Å²) in [4.78, 5) is 16.2. The number of hydrogen-bond acceptors (Lipinski definition) is 10. The molecule has 12 heteroatoms. The molecule has 3 aromatic rings. The molecular weight excluding hydrogens is 504 g/mol. The molecule has 0 atom stereocenters. The molecule has 188 valence electrons. The number of nitrogens with zero attached hydrogens (tertiary/aromatic N) is 3. The normalized spacial score (nSPS) is 11.4. The second-order valence-electron chi connectivity index (χ2n) is 7.50. The number of carbonyl (C=O) groups excluding carboxylic acids is 1. The number of aromatic nitrogens is 2. The van der Waals surface area contributed by atoms with E-state index in [0.717, 1.165) is 17.6 Å². The average molecular weight is 529 g/mol. The lowest BCUT2D eigenvalue weighted by molar-refractivity contribution is -0.112. The van der Waals surface area contributed by atoms with Crippen LogP contribution in [0.1, 0.15) is 17.5 Å². The summed E-state index contributed by atoms with van der Waals surface area (Å²) < 4.78 is 43.6. The number of benzene rings is 2. The third-order valence-corrected chi connectivity index (χ3v) is 6.31. The molecule has 0 saturated carbocycles. The number of nitriles is 1. The highest BCUT2D eigenvalue weighted by atomic mass is 32.2. The summed E-state index contributed by atoms with van der Waals surface area (Å²) >= 11 is 0.703. The quantitative estimate of drug-likeness (QED) is 0.224. The molecule has 0 aliphatic heterocycles. The van der Waals surface area contributed by atoms with Gasteiger partial charge in [0.25, 0.3) is 11.1 Å². The van der Waals surface area contributed by atoms with E-state index in [9.17, 15) is 18.5 Å². The van der Waals surface area contributed by atoms with E-state index in [0.29, 0.717) is 48.2 Å². The van der Waals surface area contributed by atoms with Crippen molar-refractivity contribution in [3.8, 4) is 23.3 Å². The van der Waals surface area contributed by atoms with Crippen LogP contribution in [0.3, 0.4) is 0 Å². The molecule has 0 saturated heterocycles. The minimum Gasteiger partial charge on any atom is -0.493 e. The second kappa shape index (κ2) is 12.1. The van der Waals surface area contributed by atoms with E-state index >= 15 is 0 Å². The van der Waals surface area contributed by atoms with Gasteiger partial charge < -0.3 is 14.2 Å². The lowest BCUT2D eigenvalue weighted by Gasteiger charge is -2.12. The molecule has 1 heterocycles. The van der Waals surface area contributed by atoms with Gasteiger partial charge in [-0.3, -0.25) is 10.1 Å². The van der Waals surface area contributed by atoms with Gasteiger partial charge in [0, 0.05) is 24.2 Å². The van der Waals surface area contributed by atoms with Crippen molar-refractivity contribution >= 4 is 38.5 Å². The maximum Gasteiger partial charge on any atom is 0.268 e. The van der Waals surface area contributed by atoms with Crippen molar-refractivity contribution < 1.29 is 27.4 Å². The molecule has 1 amide bonds. The van der Waals surface area contributed by atoms with E-state index in [1.807, 2.05) is 37.3 Å². The summed E-state index contributed by atoms with van der Waals surface area (Å²) in [5, 5.41) is 11.4. The molecule has 0 unspecified atom stereocenters. The molecule has 0 radical (unpaired) electrons. The maximum atomic E-state index is 12.5. The predicted octanol–water partition coefficient (Wildman–Crippen LogP) is 3.65. The third kappa shape index (κ3) is 7.27. The number of carbonyl (C=O) groups is 1. The summed E-state index contributed by atoms with van der Waals surface area (Å²) in [7, 11) is -2.11. The number of nitrogens with one attached hydrogen (secondary N) is 1. The molecule has 0 fully saturated rings. The van der Waals surface area contributed by atoms with Gasteiger partial charge in [0.15, 0.2) is 11.5 Å². The number of aryl methyl sites for hydroxylation is 1. The van der Waals surface area contributed by atoms with Crippen LogP contribution in [0, 0.1) is 18.3 Å². The molecule has 3 rings (SSSR count). The first-order chi connectivity index (χ1) is 17.2. The van der Waals surface area contributed by atoms with Crippen LogP contribution in [0.2, 0.25) is 0 Å². The van der Waals surface area contributed by atoms with Gasteiger partial charge in [0.2, 0.25) is 15.0 Å². The van der Waals surface area contributed by atoms with Crippen LogP contribution in [0.4, 0.5) is 5.13 Å². The molecule has 0 bridgehead atoms. The first-order valence-corrected chi connectivity index (χ1v) is 13.3. The SMILES string of the molecule is COc1cc(C=C(C#N)C(=O)Nc2nc(S(C)(=O)=O)ns2)ccc1OCCCOc1ccccc1C. The van der Waals surface area contributed by atoms with Crippen LogP contribution in [-0.2, 0) is 14.6 Å². The molecule has 10 nitrogen and oxygen atoms in total.